The number of aromatic nitrogens is 1. The molecule has 0 radical (unpaired) electrons. The Morgan fingerprint density at radius 2 is 1.65 bits per heavy atom. The van der Waals surface area contributed by atoms with Crippen LogP contribution in [0.25, 0.3) is 10.9 Å². The highest BCUT2D eigenvalue weighted by Crippen LogP contribution is 2.31. The van der Waals surface area contributed by atoms with E-state index in [0.717, 1.165) is 40.9 Å². The minimum Gasteiger partial charge on any atom is -0.457 e. The standard InChI is InChI=1S/C20H22N2O/c1-4-14-12-18-19(13-15(14)5-2)22-11-10-20(18)23-17-8-6-16(21-3)7-9-17/h6-13,21H,4-5H2,1-3H3. The van der Waals surface area contributed by atoms with Gasteiger partial charge in [-0.1, -0.05) is 13.8 Å². The largest absolute Gasteiger partial charge is 0.457 e. The van der Waals surface area contributed by atoms with E-state index in [9.17, 15) is 0 Å². The number of ether oxygens (including phenoxy) is 1. The first-order valence-electron chi connectivity index (χ1n) is 8.11. The fourth-order valence-corrected chi connectivity index (χ4v) is 2.82. The van der Waals surface area contributed by atoms with E-state index in [1.807, 2.05) is 43.6 Å². The average molecular weight is 306 g/mol. The topological polar surface area (TPSA) is 34.1 Å². The third-order valence-corrected chi connectivity index (χ3v) is 4.16. The quantitative estimate of drug-likeness (QED) is 0.704. The van der Waals surface area contributed by atoms with E-state index in [-0.39, 0.29) is 0 Å². The van der Waals surface area contributed by atoms with Gasteiger partial charge < -0.3 is 10.1 Å². The van der Waals surface area contributed by atoms with Gasteiger partial charge in [-0.05, 0) is 66.4 Å². The Morgan fingerprint density at radius 1 is 0.957 bits per heavy atom. The molecule has 0 atom stereocenters. The van der Waals surface area contributed by atoms with Gasteiger partial charge >= 0.3 is 0 Å². The van der Waals surface area contributed by atoms with E-state index in [1.54, 1.807) is 0 Å². The maximum atomic E-state index is 6.10. The predicted molar refractivity (Wildman–Crippen MR) is 96.6 cm³/mol. The molecule has 23 heavy (non-hydrogen) atoms. The summed E-state index contributed by atoms with van der Waals surface area (Å²) in [5.74, 6) is 1.68. The van der Waals surface area contributed by atoms with Crippen molar-refractivity contribution in [3.05, 3.63) is 59.8 Å². The summed E-state index contributed by atoms with van der Waals surface area (Å²) in [6, 6.07) is 14.3. The molecular formula is C20H22N2O. The summed E-state index contributed by atoms with van der Waals surface area (Å²) in [6.07, 6.45) is 3.85. The number of aryl methyl sites for hydroxylation is 2. The number of hydrogen-bond acceptors (Lipinski definition) is 3. The molecule has 0 unspecified atom stereocenters. The van der Waals surface area contributed by atoms with Gasteiger partial charge in [0.15, 0.2) is 0 Å². The number of nitrogens with one attached hydrogen (secondary N) is 1. The summed E-state index contributed by atoms with van der Waals surface area (Å²) in [5, 5.41) is 4.18. The molecular weight excluding hydrogens is 284 g/mol. The molecule has 1 heterocycles. The van der Waals surface area contributed by atoms with Gasteiger partial charge in [0.25, 0.3) is 0 Å². The van der Waals surface area contributed by atoms with Crippen molar-refractivity contribution in [3.63, 3.8) is 0 Å². The summed E-state index contributed by atoms with van der Waals surface area (Å²) in [4.78, 5) is 4.50. The molecule has 0 bridgehead atoms. The van der Waals surface area contributed by atoms with Gasteiger partial charge in [-0.2, -0.15) is 0 Å². The summed E-state index contributed by atoms with van der Waals surface area (Å²) < 4.78 is 6.10. The van der Waals surface area contributed by atoms with Gasteiger partial charge in [0, 0.05) is 24.3 Å². The molecule has 1 N–H and O–H groups in total. The molecule has 0 fully saturated rings. The Labute approximate surface area is 137 Å². The van der Waals surface area contributed by atoms with E-state index in [0.29, 0.717) is 0 Å². The minimum atomic E-state index is 0.828. The van der Waals surface area contributed by atoms with Crippen molar-refractivity contribution < 1.29 is 4.74 Å². The van der Waals surface area contributed by atoms with Crippen LogP contribution in [0.2, 0.25) is 0 Å². The average Bonchev–Trinajstić information content (AvgIpc) is 2.61. The minimum absolute atomic E-state index is 0.828. The summed E-state index contributed by atoms with van der Waals surface area (Å²) >= 11 is 0. The van der Waals surface area contributed by atoms with Crippen molar-refractivity contribution in [2.75, 3.05) is 12.4 Å². The first-order valence-corrected chi connectivity index (χ1v) is 8.11. The van der Waals surface area contributed by atoms with Crippen LogP contribution in [0, 0.1) is 0 Å². The first-order chi connectivity index (χ1) is 11.2. The Bertz CT molecular complexity index is 810. The lowest BCUT2D eigenvalue weighted by Crippen LogP contribution is -1.94. The number of hydrogen-bond donors (Lipinski definition) is 1. The molecule has 3 heteroatoms. The summed E-state index contributed by atoms with van der Waals surface area (Å²) in [7, 11) is 1.91. The van der Waals surface area contributed by atoms with Crippen LogP contribution in [-0.4, -0.2) is 12.0 Å². The normalized spacial score (nSPS) is 10.7. The molecule has 0 aliphatic carbocycles. The van der Waals surface area contributed by atoms with Crippen molar-refractivity contribution in [1.82, 2.24) is 4.98 Å². The number of rotatable bonds is 5. The monoisotopic (exact) mass is 306 g/mol. The van der Waals surface area contributed by atoms with Crippen LogP contribution in [-0.2, 0) is 12.8 Å². The fourth-order valence-electron chi connectivity index (χ4n) is 2.82. The van der Waals surface area contributed by atoms with E-state index in [2.05, 4.69) is 36.3 Å². The lowest BCUT2D eigenvalue weighted by molar-refractivity contribution is 0.488. The third kappa shape index (κ3) is 3.14. The Balaban J connectivity index is 2.02. The zero-order valence-electron chi connectivity index (χ0n) is 13.9. The molecule has 0 amide bonds. The Hall–Kier alpha value is -2.55. The Morgan fingerprint density at radius 3 is 2.30 bits per heavy atom. The van der Waals surface area contributed by atoms with Crippen LogP contribution in [0.15, 0.2) is 48.7 Å². The van der Waals surface area contributed by atoms with Gasteiger partial charge in [0.05, 0.1) is 5.52 Å². The van der Waals surface area contributed by atoms with Crippen LogP contribution in [0.4, 0.5) is 5.69 Å². The second-order valence-electron chi connectivity index (χ2n) is 5.53. The zero-order valence-corrected chi connectivity index (χ0v) is 13.9. The van der Waals surface area contributed by atoms with Crippen LogP contribution in [0.1, 0.15) is 25.0 Å². The lowest BCUT2D eigenvalue weighted by Gasteiger charge is -2.12. The second kappa shape index (κ2) is 6.69. The molecule has 3 rings (SSSR count). The second-order valence-corrected chi connectivity index (χ2v) is 5.53. The van der Waals surface area contributed by atoms with E-state index in [1.165, 1.54) is 11.1 Å². The van der Waals surface area contributed by atoms with Crippen molar-refractivity contribution >= 4 is 16.6 Å². The number of pyridine rings is 1. The van der Waals surface area contributed by atoms with Gasteiger partial charge in [-0.3, -0.25) is 4.98 Å². The zero-order chi connectivity index (χ0) is 16.2. The van der Waals surface area contributed by atoms with Crippen molar-refractivity contribution in [1.29, 1.82) is 0 Å². The van der Waals surface area contributed by atoms with Crippen molar-refractivity contribution in [2.24, 2.45) is 0 Å². The highest BCUT2D eigenvalue weighted by molar-refractivity contribution is 5.86. The van der Waals surface area contributed by atoms with E-state index in [4.69, 9.17) is 4.74 Å². The smallest absolute Gasteiger partial charge is 0.138 e. The van der Waals surface area contributed by atoms with Gasteiger partial charge in [-0.15, -0.1) is 0 Å². The predicted octanol–water partition coefficient (Wildman–Crippen LogP) is 5.19. The molecule has 118 valence electrons. The fraction of sp³-hybridized carbons (Fsp3) is 0.250. The summed E-state index contributed by atoms with van der Waals surface area (Å²) in [6.45, 7) is 4.37. The van der Waals surface area contributed by atoms with Crippen molar-refractivity contribution in [2.45, 2.75) is 26.7 Å². The van der Waals surface area contributed by atoms with Crippen LogP contribution in [0.5, 0.6) is 11.5 Å². The number of fused-ring (bicyclic) bond motifs is 1. The lowest BCUT2D eigenvalue weighted by atomic mass is 10.00. The third-order valence-electron chi connectivity index (χ3n) is 4.16. The highest BCUT2D eigenvalue weighted by atomic mass is 16.5. The Kier molecular flexibility index (Phi) is 4.47. The van der Waals surface area contributed by atoms with Crippen molar-refractivity contribution in [3.8, 4) is 11.5 Å². The molecule has 0 spiro atoms. The van der Waals surface area contributed by atoms with Gasteiger partial charge in [0.1, 0.15) is 11.5 Å². The number of anilines is 1. The van der Waals surface area contributed by atoms with Gasteiger partial charge in [-0.25, -0.2) is 0 Å². The summed E-state index contributed by atoms with van der Waals surface area (Å²) in [5.41, 5.74) is 4.78. The van der Waals surface area contributed by atoms with Crippen LogP contribution in [0.3, 0.4) is 0 Å². The highest BCUT2D eigenvalue weighted by Gasteiger charge is 2.09. The molecule has 3 aromatic rings. The number of nitrogens with zero attached hydrogens (tertiary/aromatic N) is 1. The molecule has 3 nitrogen and oxygen atoms in total. The van der Waals surface area contributed by atoms with Crippen LogP contribution < -0.4 is 10.1 Å². The molecule has 0 saturated heterocycles. The van der Waals surface area contributed by atoms with E-state index < -0.39 is 0 Å². The molecule has 0 saturated carbocycles. The van der Waals surface area contributed by atoms with E-state index >= 15 is 0 Å². The maximum absolute atomic E-state index is 6.10. The molecule has 0 aliphatic rings. The van der Waals surface area contributed by atoms with Gasteiger partial charge in [0.2, 0.25) is 0 Å². The molecule has 2 aromatic carbocycles. The first kappa shape index (κ1) is 15.3. The SMILES string of the molecule is CCc1cc2nccc(Oc3ccc(NC)cc3)c2cc1CC. The maximum Gasteiger partial charge on any atom is 0.138 e. The molecule has 1 aromatic heterocycles. The molecule has 0 aliphatic heterocycles. The number of benzene rings is 2. The van der Waals surface area contributed by atoms with Crippen LogP contribution >= 0.6 is 0 Å².